The van der Waals surface area contributed by atoms with Crippen LogP contribution in [0.1, 0.15) is 25.7 Å². The highest BCUT2D eigenvalue weighted by atomic mass is 35.5. The molecule has 7 rings (SSSR count). The van der Waals surface area contributed by atoms with Crippen LogP contribution in [0.2, 0.25) is 5.02 Å². The Kier molecular flexibility index (Phi) is 6.25. The first-order valence-electron chi connectivity index (χ1n) is 14.0. The van der Waals surface area contributed by atoms with E-state index in [2.05, 4.69) is 34.2 Å². The number of fused-ring (bicyclic) bond motifs is 4. The van der Waals surface area contributed by atoms with Crippen molar-refractivity contribution in [2.75, 3.05) is 45.2 Å². The van der Waals surface area contributed by atoms with Gasteiger partial charge in [0, 0.05) is 53.6 Å². The van der Waals surface area contributed by atoms with E-state index in [1.165, 1.54) is 0 Å². The summed E-state index contributed by atoms with van der Waals surface area (Å²) < 4.78 is 22.9. The zero-order valence-electron chi connectivity index (χ0n) is 22.8. The van der Waals surface area contributed by atoms with Gasteiger partial charge in [-0.25, -0.2) is 4.39 Å². The number of anilines is 1. The number of ether oxygens (including phenoxy) is 1. The molecule has 0 amide bonds. The summed E-state index contributed by atoms with van der Waals surface area (Å²) in [4.78, 5) is 13.9. The van der Waals surface area contributed by atoms with Crippen LogP contribution in [0.3, 0.4) is 0 Å². The van der Waals surface area contributed by atoms with Gasteiger partial charge in [0.2, 0.25) is 0 Å². The number of hydrogen-bond donors (Lipinski definition) is 2. The summed E-state index contributed by atoms with van der Waals surface area (Å²) in [6, 6.07) is 13.6. The molecule has 2 aliphatic heterocycles. The van der Waals surface area contributed by atoms with E-state index < -0.39 is 5.82 Å². The van der Waals surface area contributed by atoms with E-state index in [1.54, 1.807) is 12.1 Å². The van der Waals surface area contributed by atoms with Gasteiger partial charge in [0.25, 0.3) is 0 Å². The number of aromatic hydroxyl groups is 1. The second-order valence-electron chi connectivity index (χ2n) is 12.0. The average molecular weight is 562 g/mol. The Morgan fingerprint density at radius 2 is 1.82 bits per heavy atom. The van der Waals surface area contributed by atoms with Gasteiger partial charge in [-0.1, -0.05) is 41.9 Å². The molecule has 1 aliphatic carbocycles. The lowest BCUT2D eigenvalue weighted by molar-refractivity contribution is 0.183. The van der Waals surface area contributed by atoms with E-state index in [9.17, 15) is 5.11 Å². The number of aromatic nitrogens is 2. The molecule has 4 aromatic rings. The van der Waals surface area contributed by atoms with Gasteiger partial charge in [-0.05, 0) is 62.7 Å². The highest BCUT2D eigenvalue weighted by Crippen LogP contribution is 2.47. The van der Waals surface area contributed by atoms with E-state index in [-0.39, 0.29) is 33.3 Å². The number of phenols is 1. The third kappa shape index (κ3) is 4.52. The summed E-state index contributed by atoms with van der Waals surface area (Å²) in [6.07, 6.45) is 4.39. The fourth-order valence-corrected chi connectivity index (χ4v) is 6.89. The Balaban J connectivity index is 1.38. The van der Waals surface area contributed by atoms with Crippen molar-refractivity contribution in [2.24, 2.45) is 5.41 Å². The van der Waals surface area contributed by atoms with Gasteiger partial charge in [0.15, 0.2) is 5.82 Å². The molecule has 9 heteroatoms. The maximum absolute atomic E-state index is 16.7. The Labute approximate surface area is 237 Å². The number of hydrogen-bond acceptors (Lipinski definition) is 7. The van der Waals surface area contributed by atoms with Gasteiger partial charge in [0.1, 0.15) is 17.1 Å². The van der Waals surface area contributed by atoms with Crippen LogP contribution in [0.4, 0.5) is 10.2 Å². The minimum atomic E-state index is -0.588. The van der Waals surface area contributed by atoms with Crippen LogP contribution in [0.15, 0.2) is 42.5 Å². The maximum atomic E-state index is 16.7. The van der Waals surface area contributed by atoms with E-state index >= 15 is 4.39 Å². The van der Waals surface area contributed by atoms with E-state index in [0.717, 1.165) is 50.7 Å². The fourth-order valence-electron chi connectivity index (χ4n) is 6.60. The Bertz CT molecular complexity index is 1610. The first-order chi connectivity index (χ1) is 19.3. The molecular formula is C31H33ClFN5O2. The third-order valence-electron chi connectivity index (χ3n) is 8.63. The van der Waals surface area contributed by atoms with Gasteiger partial charge in [0.05, 0.1) is 11.6 Å². The minimum absolute atomic E-state index is 0.0392. The first-order valence-corrected chi connectivity index (χ1v) is 14.4. The lowest BCUT2D eigenvalue weighted by Gasteiger charge is -2.34. The molecule has 208 valence electrons. The molecule has 2 unspecified atom stereocenters. The number of phenolic OH excluding ortho intramolecular Hbond substituents is 1. The van der Waals surface area contributed by atoms with Crippen LogP contribution in [0.25, 0.3) is 32.8 Å². The highest BCUT2D eigenvalue weighted by Gasteiger charge is 2.44. The highest BCUT2D eigenvalue weighted by molar-refractivity contribution is 6.35. The number of piperazine rings is 1. The SMILES string of the molecule is CN(C)CC1(COc2nc(N3CC4CCC(C3)N4)c3cc(Cl)c(-c4c(O)ccc5ccccc45)c(F)c3n2)CC1. The molecule has 2 saturated heterocycles. The van der Waals surface area contributed by atoms with Crippen LogP contribution in [-0.4, -0.2) is 72.4 Å². The monoisotopic (exact) mass is 561 g/mol. The summed E-state index contributed by atoms with van der Waals surface area (Å²) in [5.41, 5.74) is 0.711. The molecule has 1 saturated carbocycles. The third-order valence-corrected chi connectivity index (χ3v) is 8.93. The molecule has 0 spiro atoms. The van der Waals surface area contributed by atoms with Crippen molar-refractivity contribution in [3.8, 4) is 22.9 Å². The Morgan fingerprint density at radius 3 is 2.55 bits per heavy atom. The largest absolute Gasteiger partial charge is 0.507 e. The lowest BCUT2D eigenvalue weighted by atomic mass is 9.95. The van der Waals surface area contributed by atoms with E-state index in [0.29, 0.717) is 40.8 Å². The number of rotatable bonds is 7. The van der Waals surface area contributed by atoms with Crippen LogP contribution in [-0.2, 0) is 0 Å². The van der Waals surface area contributed by atoms with E-state index in [1.807, 2.05) is 30.3 Å². The lowest BCUT2D eigenvalue weighted by Crippen LogP contribution is -2.51. The predicted molar refractivity (Wildman–Crippen MR) is 157 cm³/mol. The molecule has 2 atom stereocenters. The number of halogens is 2. The van der Waals surface area contributed by atoms with Gasteiger partial charge < -0.3 is 25.0 Å². The standard InChI is InChI=1S/C31H33ClFN5O2/c1-37(2)16-31(11-12-31)17-40-30-35-28-22(29(36-30)38-14-19-8-9-20(15-38)34-19)13-23(32)26(27(28)33)25-21-6-4-3-5-18(21)7-10-24(25)39/h3-7,10,13,19-20,34,39H,8-9,11-12,14-17H2,1-2H3. The van der Waals surface area contributed by atoms with Crippen molar-refractivity contribution < 1.29 is 14.2 Å². The molecule has 2 bridgehead atoms. The zero-order valence-corrected chi connectivity index (χ0v) is 23.5. The Hall–Kier alpha value is -3.20. The van der Waals surface area contributed by atoms with Crippen LogP contribution >= 0.6 is 11.6 Å². The second-order valence-corrected chi connectivity index (χ2v) is 12.4. The van der Waals surface area contributed by atoms with Crippen LogP contribution in [0.5, 0.6) is 11.8 Å². The molecule has 7 nitrogen and oxygen atoms in total. The molecule has 3 aliphatic rings. The summed E-state index contributed by atoms with van der Waals surface area (Å²) in [7, 11) is 4.12. The normalized spacial score (nSPS) is 21.5. The Morgan fingerprint density at radius 1 is 1.07 bits per heavy atom. The van der Waals surface area contributed by atoms with Crippen molar-refractivity contribution in [1.29, 1.82) is 0 Å². The number of nitrogens with zero attached hydrogens (tertiary/aromatic N) is 4. The van der Waals surface area contributed by atoms with Crippen molar-refractivity contribution in [3.05, 3.63) is 53.3 Å². The molecule has 2 N–H and O–H groups in total. The predicted octanol–water partition coefficient (Wildman–Crippen LogP) is 5.61. The van der Waals surface area contributed by atoms with E-state index in [4.69, 9.17) is 21.3 Å². The van der Waals surface area contributed by atoms with Gasteiger partial charge in [-0.2, -0.15) is 9.97 Å². The smallest absolute Gasteiger partial charge is 0.319 e. The summed E-state index contributed by atoms with van der Waals surface area (Å²) in [5, 5.41) is 16.9. The van der Waals surface area contributed by atoms with Gasteiger partial charge in [-0.15, -0.1) is 0 Å². The van der Waals surface area contributed by atoms with Crippen molar-refractivity contribution >= 4 is 39.1 Å². The molecule has 3 heterocycles. The van der Waals surface area contributed by atoms with Gasteiger partial charge in [-0.3, -0.25) is 0 Å². The van der Waals surface area contributed by atoms with Crippen molar-refractivity contribution in [1.82, 2.24) is 20.2 Å². The first kappa shape index (κ1) is 25.7. The summed E-state index contributed by atoms with van der Waals surface area (Å²) in [6.45, 7) is 2.95. The fraction of sp³-hybridized carbons (Fsp3) is 0.419. The quantitative estimate of drug-likeness (QED) is 0.304. The summed E-state index contributed by atoms with van der Waals surface area (Å²) >= 11 is 6.84. The molecule has 3 fully saturated rings. The minimum Gasteiger partial charge on any atom is -0.507 e. The molecular weight excluding hydrogens is 529 g/mol. The number of benzene rings is 3. The molecule has 3 aromatic carbocycles. The zero-order chi connectivity index (χ0) is 27.6. The molecule has 40 heavy (non-hydrogen) atoms. The second kappa shape index (κ2) is 9.72. The summed E-state index contributed by atoms with van der Waals surface area (Å²) in [5.74, 6) is 0.0168. The molecule has 1 aromatic heterocycles. The van der Waals surface area contributed by atoms with Crippen LogP contribution < -0.4 is 15.0 Å². The topological polar surface area (TPSA) is 73.8 Å². The van der Waals surface area contributed by atoms with Gasteiger partial charge >= 0.3 is 6.01 Å². The average Bonchev–Trinajstić information content (AvgIpc) is 3.61. The van der Waals surface area contributed by atoms with Crippen molar-refractivity contribution in [2.45, 2.75) is 37.8 Å². The number of nitrogens with one attached hydrogen (secondary N) is 1. The van der Waals surface area contributed by atoms with Crippen molar-refractivity contribution in [3.63, 3.8) is 0 Å². The molecule has 0 radical (unpaired) electrons. The van der Waals surface area contributed by atoms with Crippen LogP contribution in [0, 0.1) is 11.2 Å². The maximum Gasteiger partial charge on any atom is 0.319 e.